The van der Waals surface area contributed by atoms with E-state index in [2.05, 4.69) is 0 Å². The van der Waals surface area contributed by atoms with E-state index in [1.807, 2.05) is 6.07 Å². The highest BCUT2D eigenvalue weighted by atomic mass is 32.3. The highest BCUT2D eigenvalue weighted by molar-refractivity contribution is 7.85. The first-order valence-corrected chi connectivity index (χ1v) is 4.82. The Labute approximate surface area is 70.7 Å². The molecule has 0 aliphatic heterocycles. The summed E-state index contributed by atoms with van der Waals surface area (Å²) in [6, 6.07) is 8.71. The largest absolute Gasteiger partial charge is 0.508 e. The fourth-order valence-electron chi connectivity index (χ4n) is 0.428. The summed E-state index contributed by atoms with van der Waals surface area (Å²) < 4.78 is 28.6. The first-order valence-electron chi connectivity index (χ1n) is 3.03. The van der Waals surface area contributed by atoms with Crippen LogP contribution in [0.4, 0.5) is 3.89 Å². The van der Waals surface area contributed by atoms with Gasteiger partial charge in [-0.2, -0.15) is 8.42 Å². The van der Waals surface area contributed by atoms with Crippen molar-refractivity contribution < 1.29 is 17.4 Å². The first kappa shape index (κ1) is 10.9. The Bertz CT molecular complexity index is 299. The maximum Gasteiger partial charge on any atom is 0.299 e. The van der Waals surface area contributed by atoms with Gasteiger partial charge in [-0.3, -0.25) is 0 Å². The molecule has 0 amide bonds. The van der Waals surface area contributed by atoms with Crippen LogP contribution in [-0.2, 0) is 10.2 Å². The third-order valence-electron chi connectivity index (χ3n) is 0.756. The van der Waals surface area contributed by atoms with Crippen molar-refractivity contribution in [2.75, 3.05) is 6.26 Å². The van der Waals surface area contributed by atoms with Crippen LogP contribution in [0.5, 0.6) is 5.75 Å². The summed E-state index contributed by atoms with van der Waals surface area (Å²) in [7, 11) is -4.17. The van der Waals surface area contributed by atoms with Crippen LogP contribution in [0.15, 0.2) is 30.3 Å². The lowest BCUT2D eigenvalue weighted by molar-refractivity contribution is 0.475. The van der Waals surface area contributed by atoms with Gasteiger partial charge in [0.15, 0.2) is 0 Å². The monoisotopic (exact) mass is 192 g/mol. The van der Waals surface area contributed by atoms with E-state index in [1.165, 1.54) is 0 Å². The minimum absolute atomic E-state index is 0.322. The van der Waals surface area contributed by atoms with E-state index in [0.717, 1.165) is 0 Å². The predicted molar refractivity (Wildman–Crippen MR) is 44.1 cm³/mol. The SMILES string of the molecule is CS(=O)(=O)F.Oc1ccccc1. The molecule has 5 heteroatoms. The van der Waals surface area contributed by atoms with Crippen molar-refractivity contribution in [1.82, 2.24) is 0 Å². The molecular formula is C7H9FO3S. The van der Waals surface area contributed by atoms with Crippen LogP contribution in [0.3, 0.4) is 0 Å². The molecule has 0 heterocycles. The molecule has 0 atom stereocenters. The van der Waals surface area contributed by atoms with Gasteiger partial charge in [-0.15, -0.1) is 3.89 Å². The molecule has 1 N–H and O–H groups in total. The molecule has 0 unspecified atom stereocenters. The number of para-hydroxylation sites is 1. The van der Waals surface area contributed by atoms with E-state index < -0.39 is 10.2 Å². The Morgan fingerprint density at radius 3 is 1.75 bits per heavy atom. The lowest BCUT2D eigenvalue weighted by atomic mass is 10.3. The molecule has 68 valence electrons. The number of halogens is 1. The van der Waals surface area contributed by atoms with Gasteiger partial charge in [0.2, 0.25) is 0 Å². The molecule has 0 saturated carbocycles. The topological polar surface area (TPSA) is 54.4 Å². The number of aromatic hydroxyl groups is 1. The standard InChI is InChI=1S/C6H6O.CH3FO2S/c7-6-4-2-1-3-5-6;1-5(2,3)4/h1-5,7H;1H3. The van der Waals surface area contributed by atoms with E-state index in [-0.39, 0.29) is 0 Å². The normalized spacial score (nSPS) is 9.83. The second kappa shape index (κ2) is 4.71. The fourth-order valence-corrected chi connectivity index (χ4v) is 0.428. The molecule has 0 aliphatic rings. The average Bonchev–Trinajstić information content (AvgIpc) is 1.85. The third kappa shape index (κ3) is 11.7. The number of hydrogen-bond acceptors (Lipinski definition) is 3. The van der Waals surface area contributed by atoms with Gasteiger partial charge in [0.1, 0.15) is 5.75 Å². The van der Waals surface area contributed by atoms with Crippen LogP contribution in [0.25, 0.3) is 0 Å². The Morgan fingerprint density at radius 1 is 1.25 bits per heavy atom. The quantitative estimate of drug-likeness (QED) is 0.630. The van der Waals surface area contributed by atoms with Crippen molar-refractivity contribution in [3.05, 3.63) is 30.3 Å². The van der Waals surface area contributed by atoms with Gasteiger partial charge in [0.25, 0.3) is 10.2 Å². The van der Waals surface area contributed by atoms with Gasteiger partial charge in [-0.05, 0) is 12.1 Å². The van der Waals surface area contributed by atoms with Gasteiger partial charge in [0, 0.05) is 0 Å². The summed E-state index contributed by atoms with van der Waals surface area (Å²) in [4.78, 5) is 0. The molecule has 0 saturated heterocycles. The van der Waals surface area contributed by atoms with Crippen molar-refractivity contribution >= 4 is 10.2 Å². The summed E-state index contributed by atoms with van der Waals surface area (Å²) in [6.07, 6.45) is 0.493. The lowest BCUT2D eigenvalue weighted by Crippen LogP contribution is -1.78. The van der Waals surface area contributed by atoms with Crippen molar-refractivity contribution in [3.63, 3.8) is 0 Å². The van der Waals surface area contributed by atoms with Crippen LogP contribution in [-0.4, -0.2) is 19.8 Å². The average molecular weight is 192 g/mol. The predicted octanol–water partition coefficient (Wildman–Crippen LogP) is 1.31. The molecular weight excluding hydrogens is 183 g/mol. The zero-order chi connectivity index (χ0) is 9.61. The highest BCUT2D eigenvalue weighted by Gasteiger charge is 1.86. The molecule has 1 aromatic rings. The van der Waals surface area contributed by atoms with Crippen LogP contribution < -0.4 is 0 Å². The number of rotatable bonds is 0. The second-order valence-corrected chi connectivity index (χ2v) is 3.38. The van der Waals surface area contributed by atoms with Crippen LogP contribution in [0.2, 0.25) is 0 Å². The number of hydrogen-bond donors (Lipinski definition) is 1. The minimum Gasteiger partial charge on any atom is -0.508 e. The van der Waals surface area contributed by atoms with Gasteiger partial charge < -0.3 is 5.11 Å². The zero-order valence-corrected chi connectivity index (χ0v) is 7.25. The zero-order valence-electron chi connectivity index (χ0n) is 6.44. The van der Waals surface area contributed by atoms with Crippen molar-refractivity contribution in [1.29, 1.82) is 0 Å². The van der Waals surface area contributed by atoms with Crippen LogP contribution >= 0.6 is 0 Å². The Kier molecular flexibility index (Phi) is 4.28. The van der Waals surface area contributed by atoms with E-state index >= 15 is 0 Å². The maximum absolute atomic E-state index is 10.7. The summed E-state index contributed by atoms with van der Waals surface area (Å²) in [6.45, 7) is 0. The molecule has 1 rings (SSSR count). The van der Waals surface area contributed by atoms with Crippen LogP contribution in [0.1, 0.15) is 0 Å². The smallest absolute Gasteiger partial charge is 0.299 e. The van der Waals surface area contributed by atoms with E-state index in [0.29, 0.717) is 12.0 Å². The summed E-state index contributed by atoms with van der Waals surface area (Å²) in [5.74, 6) is 0.322. The van der Waals surface area contributed by atoms with Crippen LogP contribution in [0, 0.1) is 0 Å². The molecule has 0 radical (unpaired) electrons. The van der Waals surface area contributed by atoms with Crippen molar-refractivity contribution in [2.24, 2.45) is 0 Å². The van der Waals surface area contributed by atoms with Gasteiger partial charge >= 0.3 is 0 Å². The van der Waals surface area contributed by atoms with Gasteiger partial charge in [-0.25, -0.2) is 0 Å². The van der Waals surface area contributed by atoms with Gasteiger partial charge in [-0.1, -0.05) is 18.2 Å². The van der Waals surface area contributed by atoms with Crippen molar-refractivity contribution in [2.45, 2.75) is 0 Å². The number of phenols is 1. The molecule has 0 aromatic heterocycles. The molecule has 0 aliphatic carbocycles. The van der Waals surface area contributed by atoms with E-state index in [9.17, 15) is 3.89 Å². The van der Waals surface area contributed by atoms with Crippen molar-refractivity contribution in [3.8, 4) is 5.75 Å². The summed E-state index contributed by atoms with van der Waals surface area (Å²) in [5.41, 5.74) is 0. The van der Waals surface area contributed by atoms with Gasteiger partial charge in [0.05, 0.1) is 6.26 Å². The Balaban J connectivity index is 0.000000217. The first-order chi connectivity index (χ1) is 5.39. The molecule has 0 fully saturated rings. The second-order valence-electron chi connectivity index (χ2n) is 2.02. The fraction of sp³-hybridized carbons (Fsp3) is 0.143. The van der Waals surface area contributed by atoms with E-state index in [1.54, 1.807) is 24.3 Å². The summed E-state index contributed by atoms with van der Waals surface area (Å²) >= 11 is 0. The molecule has 12 heavy (non-hydrogen) atoms. The third-order valence-corrected chi connectivity index (χ3v) is 0.756. The Hall–Kier alpha value is -1.10. The van der Waals surface area contributed by atoms with E-state index in [4.69, 9.17) is 13.5 Å². The molecule has 3 nitrogen and oxygen atoms in total. The molecule has 0 spiro atoms. The molecule has 1 aromatic carbocycles. The number of benzene rings is 1. The highest BCUT2D eigenvalue weighted by Crippen LogP contribution is 2.02. The molecule has 0 bridgehead atoms. The minimum atomic E-state index is -4.17. The summed E-state index contributed by atoms with van der Waals surface area (Å²) in [5, 5.41) is 8.63. The number of phenolic OH excluding ortho intramolecular Hbond substituents is 1. The maximum atomic E-state index is 10.7. The lowest BCUT2D eigenvalue weighted by Gasteiger charge is -1.82. The Morgan fingerprint density at radius 2 is 1.58 bits per heavy atom.